The molecular formula is C35H49N3O2. The van der Waals surface area contributed by atoms with Gasteiger partial charge in [-0.2, -0.15) is 0 Å². The summed E-state index contributed by atoms with van der Waals surface area (Å²) in [4.78, 5) is 24.5. The van der Waals surface area contributed by atoms with Crippen molar-refractivity contribution >= 4 is 29.3 Å². The van der Waals surface area contributed by atoms with E-state index in [2.05, 4.69) is 43.4 Å². The standard InChI is InChI=1S/C16H12N2O2.C11H20.C8H17N/c19-9-11-1-6-15-13(7-11)8-16(18-15)12-2-4-14(5-3-12)17-10-20;1-11(2)5-3-4-9-6-10(7-9)8-11;1-7-5-3-4-6-8(7)9-2/h1-10,18H,(H,17,20);9-10H,3-8H2,1-2H3;7-9H,3-6H2,1-2H3. The molecule has 5 nitrogen and oxygen atoms in total. The number of nitrogens with one attached hydrogen (secondary N) is 3. The molecule has 0 saturated heterocycles. The van der Waals surface area contributed by atoms with Gasteiger partial charge in [-0.1, -0.05) is 58.6 Å². The van der Waals surface area contributed by atoms with E-state index in [0.717, 1.165) is 57.9 Å². The summed E-state index contributed by atoms with van der Waals surface area (Å²) in [7, 11) is 2.08. The number of rotatable bonds is 5. The summed E-state index contributed by atoms with van der Waals surface area (Å²) < 4.78 is 0. The van der Waals surface area contributed by atoms with E-state index in [4.69, 9.17) is 0 Å². The molecule has 1 amide bonds. The minimum absolute atomic E-state index is 0.652. The Bertz CT molecular complexity index is 1220. The molecule has 3 N–H and O–H groups in total. The Hall–Kier alpha value is -2.92. The highest BCUT2D eigenvalue weighted by molar-refractivity contribution is 5.90. The lowest BCUT2D eigenvalue weighted by molar-refractivity contribution is -0.105. The smallest absolute Gasteiger partial charge is 0.211 e. The van der Waals surface area contributed by atoms with Gasteiger partial charge in [-0.25, -0.2) is 0 Å². The fraction of sp³-hybridized carbons (Fsp3) is 0.543. The molecule has 0 spiro atoms. The van der Waals surface area contributed by atoms with Gasteiger partial charge in [-0.05, 0) is 111 Å². The third-order valence-corrected chi connectivity index (χ3v) is 9.33. The van der Waals surface area contributed by atoms with Gasteiger partial charge in [0.15, 0.2) is 0 Å². The number of aromatic amines is 1. The number of H-pyrrole nitrogens is 1. The molecule has 4 aliphatic rings. The third-order valence-electron chi connectivity index (χ3n) is 9.33. The van der Waals surface area contributed by atoms with Gasteiger partial charge in [0.25, 0.3) is 0 Å². The van der Waals surface area contributed by atoms with Crippen molar-refractivity contribution in [3.05, 3.63) is 54.1 Å². The van der Waals surface area contributed by atoms with Crippen molar-refractivity contribution in [2.45, 2.75) is 91.0 Å². The molecule has 40 heavy (non-hydrogen) atoms. The Morgan fingerprint density at radius 2 is 1.65 bits per heavy atom. The van der Waals surface area contributed by atoms with Crippen molar-refractivity contribution in [1.29, 1.82) is 0 Å². The molecule has 2 atom stereocenters. The number of hydrogen-bond donors (Lipinski definition) is 3. The lowest BCUT2D eigenvalue weighted by Crippen LogP contribution is -2.34. The molecule has 7 rings (SSSR count). The summed E-state index contributed by atoms with van der Waals surface area (Å²) >= 11 is 0. The van der Waals surface area contributed by atoms with Crippen molar-refractivity contribution in [2.24, 2.45) is 23.2 Å². The first-order valence-corrected chi connectivity index (χ1v) is 15.4. The quantitative estimate of drug-likeness (QED) is 0.282. The van der Waals surface area contributed by atoms with E-state index in [0.29, 0.717) is 17.4 Å². The second kappa shape index (κ2) is 14.1. The topological polar surface area (TPSA) is 74.0 Å². The average Bonchev–Trinajstić information content (AvgIpc) is 3.35. The predicted molar refractivity (Wildman–Crippen MR) is 168 cm³/mol. The van der Waals surface area contributed by atoms with Crippen molar-refractivity contribution in [2.75, 3.05) is 12.4 Å². The van der Waals surface area contributed by atoms with Crippen LogP contribution < -0.4 is 10.6 Å². The van der Waals surface area contributed by atoms with Crippen LogP contribution in [-0.4, -0.2) is 30.8 Å². The largest absolute Gasteiger partial charge is 0.355 e. The molecule has 0 aliphatic heterocycles. The monoisotopic (exact) mass is 543 g/mol. The molecule has 4 saturated carbocycles. The molecule has 4 aliphatic carbocycles. The number of amides is 1. The summed E-state index contributed by atoms with van der Waals surface area (Å²) in [6.07, 6.45) is 16.3. The third kappa shape index (κ3) is 8.30. The summed E-state index contributed by atoms with van der Waals surface area (Å²) in [6.45, 7) is 7.25. The minimum Gasteiger partial charge on any atom is -0.355 e. The Morgan fingerprint density at radius 3 is 2.30 bits per heavy atom. The van der Waals surface area contributed by atoms with E-state index in [1.807, 2.05) is 42.5 Å². The first-order chi connectivity index (χ1) is 19.3. The lowest BCUT2D eigenvalue weighted by Gasteiger charge is -2.43. The SMILES string of the molecule is CC1(C)CCCC2CC(C2)C1.CNC1CCCCC1C.O=CNc1ccc(-c2cc3cc(C=O)ccc3[nH]2)cc1. The van der Waals surface area contributed by atoms with Crippen LogP contribution in [0.15, 0.2) is 48.5 Å². The molecule has 1 heterocycles. The fourth-order valence-electron chi connectivity index (χ4n) is 6.97. The number of aldehydes is 1. The number of fused-ring (bicyclic) bond motifs is 5. The summed E-state index contributed by atoms with van der Waals surface area (Å²) in [5, 5.41) is 6.95. The average molecular weight is 544 g/mol. The minimum atomic E-state index is 0.652. The lowest BCUT2D eigenvalue weighted by atomic mass is 9.62. The van der Waals surface area contributed by atoms with Gasteiger partial charge >= 0.3 is 0 Å². The number of benzene rings is 2. The van der Waals surface area contributed by atoms with Crippen LogP contribution in [0.3, 0.4) is 0 Å². The molecule has 216 valence electrons. The van der Waals surface area contributed by atoms with Crippen LogP contribution in [0.1, 0.15) is 95.3 Å². The number of aromatic nitrogens is 1. The van der Waals surface area contributed by atoms with E-state index < -0.39 is 0 Å². The van der Waals surface area contributed by atoms with Crippen LogP contribution in [0.5, 0.6) is 0 Å². The van der Waals surface area contributed by atoms with Gasteiger partial charge in [0.05, 0.1) is 0 Å². The highest BCUT2D eigenvalue weighted by Gasteiger charge is 2.35. The van der Waals surface area contributed by atoms with Crippen LogP contribution >= 0.6 is 0 Å². The van der Waals surface area contributed by atoms with Gasteiger partial charge in [0, 0.05) is 33.9 Å². The molecule has 2 unspecified atom stereocenters. The second-order valence-corrected chi connectivity index (χ2v) is 13.1. The van der Waals surface area contributed by atoms with Crippen LogP contribution in [0.4, 0.5) is 5.69 Å². The Morgan fingerprint density at radius 1 is 0.900 bits per heavy atom. The zero-order chi connectivity index (χ0) is 28.5. The summed E-state index contributed by atoms with van der Waals surface area (Å²) in [5.41, 5.74) is 5.05. The zero-order valence-corrected chi connectivity index (χ0v) is 25.0. The maximum absolute atomic E-state index is 10.8. The number of carbonyl (C=O) groups excluding carboxylic acids is 2. The predicted octanol–water partition coefficient (Wildman–Crippen LogP) is 8.61. The first-order valence-electron chi connectivity index (χ1n) is 15.4. The molecule has 2 bridgehead atoms. The van der Waals surface area contributed by atoms with E-state index in [9.17, 15) is 9.59 Å². The molecule has 3 aromatic rings. The highest BCUT2D eigenvalue weighted by atomic mass is 16.1. The Balaban J connectivity index is 0.000000155. The zero-order valence-electron chi connectivity index (χ0n) is 25.0. The van der Waals surface area contributed by atoms with Crippen molar-refractivity contribution in [3.63, 3.8) is 0 Å². The van der Waals surface area contributed by atoms with Crippen molar-refractivity contribution in [3.8, 4) is 11.3 Å². The van der Waals surface area contributed by atoms with Gasteiger partial charge in [0.2, 0.25) is 6.41 Å². The van der Waals surface area contributed by atoms with Crippen LogP contribution in [0.2, 0.25) is 0 Å². The van der Waals surface area contributed by atoms with Crippen molar-refractivity contribution < 1.29 is 9.59 Å². The van der Waals surface area contributed by atoms with Gasteiger partial charge < -0.3 is 15.6 Å². The maximum atomic E-state index is 10.8. The molecule has 2 aromatic carbocycles. The van der Waals surface area contributed by atoms with Crippen LogP contribution in [0, 0.1) is 23.2 Å². The molecular weight excluding hydrogens is 494 g/mol. The molecule has 4 fully saturated rings. The normalized spacial score (nSPS) is 25.0. The number of carbonyl (C=O) groups is 2. The first kappa shape index (κ1) is 30.0. The number of hydrogen-bond acceptors (Lipinski definition) is 3. The van der Waals surface area contributed by atoms with Gasteiger partial charge in [-0.15, -0.1) is 0 Å². The second-order valence-electron chi connectivity index (χ2n) is 13.1. The maximum Gasteiger partial charge on any atom is 0.211 e. The van der Waals surface area contributed by atoms with Crippen LogP contribution in [0.25, 0.3) is 22.2 Å². The van der Waals surface area contributed by atoms with E-state index in [-0.39, 0.29) is 0 Å². The summed E-state index contributed by atoms with van der Waals surface area (Å²) in [6, 6.07) is 15.9. The summed E-state index contributed by atoms with van der Waals surface area (Å²) in [5.74, 6) is 3.15. The van der Waals surface area contributed by atoms with Gasteiger partial charge in [0.1, 0.15) is 6.29 Å². The van der Waals surface area contributed by atoms with E-state index in [1.54, 1.807) is 18.9 Å². The van der Waals surface area contributed by atoms with E-state index >= 15 is 0 Å². The fourth-order valence-corrected chi connectivity index (χ4v) is 6.97. The Labute approximate surface area is 240 Å². The molecule has 1 aromatic heterocycles. The van der Waals surface area contributed by atoms with Crippen LogP contribution in [-0.2, 0) is 4.79 Å². The highest BCUT2D eigenvalue weighted by Crippen LogP contribution is 2.48. The van der Waals surface area contributed by atoms with Crippen molar-refractivity contribution in [1.82, 2.24) is 10.3 Å². The Kier molecular flexibility index (Phi) is 10.6. The molecule has 0 radical (unpaired) electrons. The van der Waals surface area contributed by atoms with E-state index in [1.165, 1.54) is 51.4 Å². The number of anilines is 1. The van der Waals surface area contributed by atoms with Gasteiger partial charge in [-0.3, -0.25) is 9.59 Å². The molecule has 5 heteroatoms.